The number of hydrogen-bond donors (Lipinski definition) is 0. The maximum atomic E-state index is 13.8. The van der Waals surface area contributed by atoms with E-state index in [0.29, 0.717) is 0 Å². The molecule has 1 aliphatic rings. The highest BCUT2D eigenvalue weighted by Crippen LogP contribution is 2.39. The van der Waals surface area contributed by atoms with E-state index < -0.39 is 106 Å². The summed E-state index contributed by atoms with van der Waals surface area (Å²) in [7, 11) is 0. The van der Waals surface area contributed by atoms with E-state index in [1.807, 2.05) is 0 Å². The van der Waals surface area contributed by atoms with Gasteiger partial charge in [-0.1, -0.05) is 12.2 Å². The van der Waals surface area contributed by atoms with Crippen LogP contribution in [0.2, 0.25) is 0 Å². The van der Waals surface area contributed by atoms with Crippen LogP contribution >= 0.6 is 0 Å². The molecule has 1 saturated carbocycles. The fraction of sp³-hybridized carbons (Fsp3) is 0.200. The van der Waals surface area contributed by atoms with Gasteiger partial charge in [-0.15, -0.1) is 0 Å². The van der Waals surface area contributed by atoms with Gasteiger partial charge in [0.25, 0.3) is 0 Å². The number of allylic oxidation sites excluding steroid dienone is 1. The quantitative estimate of drug-likeness (QED) is 0.145. The summed E-state index contributed by atoms with van der Waals surface area (Å²) in [5, 5.41) is 0. The molecule has 14 heteroatoms. The van der Waals surface area contributed by atoms with Crippen molar-refractivity contribution in [3.63, 3.8) is 0 Å². The van der Waals surface area contributed by atoms with Gasteiger partial charge >= 0.3 is 11.9 Å². The third kappa shape index (κ3) is 4.07. The van der Waals surface area contributed by atoms with E-state index in [1.54, 1.807) is 0 Å². The molecule has 34 heavy (non-hydrogen) atoms. The van der Waals surface area contributed by atoms with E-state index in [4.69, 9.17) is 0 Å². The van der Waals surface area contributed by atoms with Crippen LogP contribution < -0.4 is 9.47 Å². The summed E-state index contributed by atoms with van der Waals surface area (Å²) in [5.74, 6) is -35.7. The molecule has 0 spiro atoms. The van der Waals surface area contributed by atoms with Crippen molar-refractivity contribution in [2.45, 2.75) is 12.8 Å². The number of esters is 2. The summed E-state index contributed by atoms with van der Waals surface area (Å²) in [6.45, 7) is 3.43. The zero-order chi connectivity index (χ0) is 25.6. The second-order valence-electron chi connectivity index (χ2n) is 7.01. The number of carbonyl (C=O) groups is 2. The fourth-order valence-corrected chi connectivity index (χ4v) is 3.19. The van der Waals surface area contributed by atoms with Crippen molar-refractivity contribution in [2.24, 2.45) is 11.8 Å². The highest BCUT2D eigenvalue weighted by atomic mass is 19.2. The van der Waals surface area contributed by atoms with Gasteiger partial charge in [-0.25, -0.2) is 26.3 Å². The molecule has 3 rings (SSSR count). The monoisotopic (exact) mass is 502 g/mol. The van der Waals surface area contributed by atoms with Crippen molar-refractivity contribution in [1.82, 2.24) is 0 Å². The first-order valence-electron chi connectivity index (χ1n) is 8.90. The summed E-state index contributed by atoms with van der Waals surface area (Å²) in [4.78, 5) is 24.7. The van der Waals surface area contributed by atoms with Gasteiger partial charge in [0.05, 0.1) is 11.8 Å². The normalized spacial score (nSPS) is 17.8. The molecule has 0 bridgehead atoms. The Morgan fingerprint density at radius 3 is 1.03 bits per heavy atom. The summed E-state index contributed by atoms with van der Waals surface area (Å²) < 4.78 is 143. The molecule has 0 heterocycles. The lowest BCUT2D eigenvalue weighted by molar-refractivity contribution is -0.149. The lowest BCUT2D eigenvalue weighted by Gasteiger charge is -2.18. The second kappa shape index (κ2) is 8.99. The number of benzene rings is 2. The molecule has 2 aromatic rings. The maximum Gasteiger partial charge on any atom is 0.315 e. The third-order valence-corrected chi connectivity index (χ3v) is 4.85. The van der Waals surface area contributed by atoms with Crippen LogP contribution in [0.4, 0.5) is 43.9 Å². The average Bonchev–Trinajstić information content (AvgIpc) is 3.21. The van der Waals surface area contributed by atoms with Gasteiger partial charge in [0, 0.05) is 0 Å². The van der Waals surface area contributed by atoms with Crippen LogP contribution in [-0.4, -0.2) is 11.9 Å². The number of ether oxygens (including phenoxy) is 2. The standard InChI is InChI=1S/C20H8F10O4/c1-4-2-5(19(31)33-17-13(27)9(23)7(21)10(24)14(17)28)6(3-4)20(32)34-18-15(29)11(25)8(22)12(26)16(18)30/h5-6H,1-3H2/t5-,6-/m1/s1. The van der Waals surface area contributed by atoms with Gasteiger partial charge < -0.3 is 9.47 Å². The van der Waals surface area contributed by atoms with Crippen molar-refractivity contribution in [3.8, 4) is 11.5 Å². The zero-order valence-corrected chi connectivity index (χ0v) is 16.2. The van der Waals surface area contributed by atoms with Crippen LogP contribution in [0.3, 0.4) is 0 Å². The van der Waals surface area contributed by atoms with Crippen molar-refractivity contribution in [1.29, 1.82) is 0 Å². The lowest BCUT2D eigenvalue weighted by atomic mass is 9.96. The molecule has 0 radical (unpaired) electrons. The Morgan fingerprint density at radius 2 is 0.765 bits per heavy atom. The van der Waals surface area contributed by atoms with Crippen LogP contribution in [0.25, 0.3) is 0 Å². The van der Waals surface area contributed by atoms with Crippen LogP contribution in [0.5, 0.6) is 11.5 Å². The molecule has 0 aromatic heterocycles. The van der Waals surface area contributed by atoms with E-state index in [0.717, 1.165) is 0 Å². The van der Waals surface area contributed by atoms with Gasteiger partial charge in [-0.05, 0) is 12.8 Å². The van der Waals surface area contributed by atoms with Gasteiger partial charge in [0.2, 0.25) is 69.7 Å². The van der Waals surface area contributed by atoms with Crippen molar-refractivity contribution in [2.75, 3.05) is 0 Å². The molecule has 2 aromatic carbocycles. The highest BCUT2D eigenvalue weighted by molar-refractivity contribution is 5.86. The van der Waals surface area contributed by atoms with Crippen LogP contribution in [0, 0.1) is 70.0 Å². The van der Waals surface area contributed by atoms with Gasteiger partial charge in [0.15, 0.2) is 0 Å². The smallest absolute Gasteiger partial charge is 0.315 e. The van der Waals surface area contributed by atoms with E-state index in [9.17, 15) is 53.5 Å². The molecule has 0 N–H and O–H groups in total. The number of halogens is 10. The minimum atomic E-state index is -2.53. The predicted molar refractivity (Wildman–Crippen MR) is 89.1 cm³/mol. The Hall–Kier alpha value is -3.58. The summed E-state index contributed by atoms with van der Waals surface area (Å²) in [5.41, 5.74) is 0.0822. The molecule has 0 aliphatic heterocycles. The Balaban J connectivity index is 1.90. The molecule has 2 atom stereocenters. The fourth-order valence-electron chi connectivity index (χ4n) is 3.19. The Kier molecular flexibility index (Phi) is 6.62. The topological polar surface area (TPSA) is 52.6 Å². The Morgan fingerprint density at radius 1 is 0.529 bits per heavy atom. The van der Waals surface area contributed by atoms with Crippen LogP contribution in [0.15, 0.2) is 12.2 Å². The molecular formula is C20H8F10O4. The SMILES string of the molecule is C=C1C[C@@H](C(=O)Oc2c(F)c(F)c(F)c(F)c2F)[C@H](C(=O)Oc2c(F)c(F)c(F)c(F)c2F)C1. The van der Waals surface area contributed by atoms with Gasteiger partial charge in [-0.2, -0.15) is 17.6 Å². The average molecular weight is 502 g/mol. The van der Waals surface area contributed by atoms with Crippen LogP contribution in [-0.2, 0) is 9.59 Å². The molecule has 0 unspecified atom stereocenters. The predicted octanol–water partition coefficient (Wildman–Crippen LogP) is 5.17. The van der Waals surface area contributed by atoms with E-state index in [2.05, 4.69) is 16.1 Å². The number of rotatable bonds is 4. The minimum Gasteiger partial charge on any atom is -0.420 e. The molecule has 4 nitrogen and oxygen atoms in total. The molecule has 1 fully saturated rings. The second-order valence-corrected chi connectivity index (χ2v) is 7.01. The summed E-state index contributed by atoms with van der Waals surface area (Å²) >= 11 is 0. The number of hydrogen-bond acceptors (Lipinski definition) is 4. The Bertz CT molecular complexity index is 1090. The molecule has 0 amide bonds. The van der Waals surface area contributed by atoms with Crippen molar-refractivity contribution < 1.29 is 63.0 Å². The minimum absolute atomic E-state index is 0.0822. The highest BCUT2D eigenvalue weighted by Gasteiger charge is 2.44. The molecule has 1 aliphatic carbocycles. The van der Waals surface area contributed by atoms with E-state index in [-0.39, 0.29) is 5.57 Å². The zero-order valence-electron chi connectivity index (χ0n) is 16.2. The first kappa shape index (κ1) is 25.1. The first-order valence-corrected chi connectivity index (χ1v) is 8.90. The summed E-state index contributed by atoms with van der Waals surface area (Å²) in [6.07, 6.45) is -0.934. The van der Waals surface area contributed by atoms with Crippen molar-refractivity contribution in [3.05, 3.63) is 70.3 Å². The lowest BCUT2D eigenvalue weighted by Crippen LogP contribution is -2.32. The van der Waals surface area contributed by atoms with Gasteiger partial charge in [0.1, 0.15) is 0 Å². The van der Waals surface area contributed by atoms with E-state index >= 15 is 0 Å². The Labute approximate surface area is 182 Å². The van der Waals surface area contributed by atoms with E-state index in [1.165, 1.54) is 0 Å². The molecule has 182 valence electrons. The van der Waals surface area contributed by atoms with Crippen molar-refractivity contribution >= 4 is 11.9 Å². The molecule has 0 saturated heterocycles. The third-order valence-electron chi connectivity index (χ3n) is 4.85. The van der Waals surface area contributed by atoms with Crippen LogP contribution in [0.1, 0.15) is 12.8 Å². The largest absolute Gasteiger partial charge is 0.420 e. The first-order chi connectivity index (χ1) is 15.8. The summed E-state index contributed by atoms with van der Waals surface area (Å²) in [6, 6.07) is 0. The number of carbonyl (C=O) groups excluding carboxylic acids is 2. The maximum absolute atomic E-state index is 13.8. The molecular weight excluding hydrogens is 494 g/mol. The van der Waals surface area contributed by atoms with Gasteiger partial charge in [-0.3, -0.25) is 9.59 Å².